The van der Waals surface area contributed by atoms with Crippen molar-refractivity contribution in [3.05, 3.63) is 74.0 Å². The lowest BCUT2D eigenvalue weighted by molar-refractivity contribution is -0.394. The molecule has 140 valence electrons. The third-order valence-electron chi connectivity index (χ3n) is 4.56. The van der Waals surface area contributed by atoms with E-state index in [2.05, 4.69) is 10.3 Å². The second-order valence-corrected chi connectivity index (χ2v) is 6.27. The maximum absolute atomic E-state index is 11.3. The smallest absolute Gasteiger partial charge is 0.299 e. The van der Waals surface area contributed by atoms with E-state index < -0.39 is 21.6 Å². The average Bonchev–Trinajstić information content (AvgIpc) is 3.04. The summed E-state index contributed by atoms with van der Waals surface area (Å²) in [4.78, 5) is 24.2. The molecule has 0 fully saturated rings. The molecule has 9 nitrogen and oxygen atoms in total. The fraction of sp³-hybridized carbons (Fsp3) is 0.222. The van der Waals surface area contributed by atoms with Gasteiger partial charge in [-0.3, -0.25) is 20.2 Å². The number of H-pyrrole nitrogens is 1. The van der Waals surface area contributed by atoms with Crippen molar-refractivity contribution in [2.75, 3.05) is 12.3 Å². The van der Waals surface area contributed by atoms with Crippen LogP contribution in [0.15, 0.2) is 42.6 Å². The van der Waals surface area contributed by atoms with Crippen molar-refractivity contribution in [2.24, 2.45) is 0 Å². The Hall–Kier alpha value is -3.46. The van der Waals surface area contributed by atoms with Crippen LogP contribution in [0.3, 0.4) is 0 Å². The summed E-state index contributed by atoms with van der Waals surface area (Å²) < 4.78 is 0. The van der Waals surface area contributed by atoms with Gasteiger partial charge in [0, 0.05) is 28.7 Å². The number of nitrogens with one attached hydrogen (secondary N) is 2. The Kier molecular flexibility index (Phi) is 5.04. The second kappa shape index (κ2) is 7.42. The number of para-hydroxylation sites is 1. The van der Waals surface area contributed by atoms with Crippen molar-refractivity contribution in [3.63, 3.8) is 0 Å². The van der Waals surface area contributed by atoms with Gasteiger partial charge in [-0.1, -0.05) is 18.2 Å². The Morgan fingerprint density at radius 2 is 1.85 bits per heavy atom. The molecular weight excluding hydrogens is 350 g/mol. The Balaban J connectivity index is 1.75. The minimum atomic E-state index is -0.721. The van der Waals surface area contributed by atoms with Crippen LogP contribution in [-0.4, -0.2) is 21.4 Å². The standard InChI is InChI=1S/C18H19N5O4/c1-11(14-8-15(19)18(23(26)27)9-17(14)22(24)25)20-7-6-12-10-21-16-5-3-2-4-13(12)16/h2-5,8-11,20-21H,6-7,19H2,1H3/t11-/m1/s1. The van der Waals surface area contributed by atoms with E-state index >= 15 is 0 Å². The van der Waals surface area contributed by atoms with E-state index in [1.54, 1.807) is 6.92 Å². The first-order valence-electron chi connectivity index (χ1n) is 8.39. The van der Waals surface area contributed by atoms with E-state index in [0.717, 1.165) is 29.0 Å². The molecule has 0 radical (unpaired) electrons. The number of aromatic nitrogens is 1. The van der Waals surface area contributed by atoms with Crippen molar-refractivity contribution in [3.8, 4) is 0 Å². The van der Waals surface area contributed by atoms with Crippen LogP contribution in [0, 0.1) is 20.2 Å². The molecule has 0 saturated carbocycles. The molecule has 1 atom stereocenters. The second-order valence-electron chi connectivity index (χ2n) is 6.27. The number of hydrogen-bond donors (Lipinski definition) is 3. The predicted molar refractivity (Wildman–Crippen MR) is 103 cm³/mol. The van der Waals surface area contributed by atoms with Crippen molar-refractivity contribution in [1.82, 2.24) is 10.3 Å². The summed E-state index contributed by atoms with van der Waals surface area (Å²) in [6.07, 6.45) is 2.67. The monoisotopic (exact) mass is 369 g/mol. The van der Waals surface area contributed by atoms with E-state index in [0.29, 0.717) is 12.1 Å². The fourth-order valence-electron chi connectivity index (χ4n) is 3.15. The molecule has 0 amide bonds. The number of nitrogens with two attached hydrogens (primary N) is 1. The predicted octanol–water partition coefficient (Wildman–Crippen LogP) is 3.46. The van der Waals surface area contributed by atoms with Crippen LogP contribution in [0.1, 0.15) is 24.1 Å². The van der Waals surface area contributed by atoms with Gasteiger partial charge >= 0.3 is 0 Å². The molecule has 0 unspecified atom stereocenters. The molecule has 3 rings (SSSR count). The molecule has 0 spiro atoms. The Labute approximate surface area is 154 Å². The first-order valence-corrected chi connectivity index (χ1v) is 8.39. The fourth-order valence-corrected chi connectivity index (χ4v) is 3.15. The zero-order valence-electron chi connectivity index (χ0n) is 14.6. The number of nitro benzene ring substituents is 2. The van der Waals surface area contributed by atoms with Crippen LogP contribution in [-0.2, 0) is 6.42 Å². The molecule has 0 aliphatic rings. The highest BCUT2D eigenvalue weighted by Gasteiger charge is 2.25. The first-order chi connectivity index (χ1) is 12.9. The van der Waals surface area contributed by atoms with Gasteiger partial charge in [0.25, 0.3) is 11.4 Å². The van der Waals surface area contributed by atoms with Gasteiger partial charge in [0.05, 0.1) is 15.9 Å². The normalized spacial score (nSPS) is 12.2. The molecule has 0 bridgehead atoms. The summed E-state index contributed by atoms with van der Waals surface area (Å²) in [7, 11) is 0. The van der Waals surface area contributed by atoms with Crippen LogP contribution in [0.5, 0.6) is 0 Å². The lowest BCUT2D eigenvalue weighted by atomic mass is 10.0. The van der Waals surface area contributed by atoms with E-state index in [1.165, 1.54) is 6.07 Å². The summed E-state index contributed by atoms with van der Waals surface area (Å²) in [5, 5.41) is 26.7. The molecule has 3 aromatic rings. The number of hydrogen-bond acceptors (Lipinski definition) is 6. The molecule has 27 heavy (non-hydrogen) atoms. The summed E-state index contributed by atoms with van der Waals surface area (Å²) in [5.41, 5.74) is 7.35. The largest absolute Gasteiger partial charge is 0.393 e. The molecule has 9 heteroatoms. The van der Waals surface area contributed by atoms with Gasteiger partial charge in [-0.05, 0) is 37.6 Å². The van der Waals surface area contributed by atoms with Gasteiger partial charge in [0.1, 0.15) is 5.69 Å². The van der Waals surface area contributed by atoms with E-state index in [-0.39, 0.29) is 11.4 Å². The highest BCUT2D eigenvalue weighted by Crippen LogP contribution is 2.34. The van der Waals surface area contributed by atoms with Crippen molar-refractivity contribution >= 4 is 28.0 Å². The highest BCUT2D eigenvalue weighted by molar-refractivity contribution is 5.83. The highest BCUT2D eigenvalue weighted by atomic mass is 16.6. The molecule has 1 aromatic heterocycles. The molecule has 1 heterocycles. The Bertz CT molecular complexity index is 1010. The minimum Gasteiger partial charge on any atom is -0.393 e. The molecular formula is C18H19N5O4. The van der Waals surface area contributed by atoms with Crippen molar-refractivity contribution < 1.29 is 9.85 Å². The minimum absolute atomic E-state index is 0.0918. The van der Waals surface area contributed by atoms with Gasteiger partial charge < -0.3 is 16.0 Å². The van der Waals surface area contributed by atoms with E-state index in [1.807, 2.05) is 30.5 Å². The Morgan fingerprint density at radius 3 is 2.56 bits per heavy atom. The number of nitrogens with zero attached hydrogens (tertiary/aromatic N) is 2. The average molecular weight is 369 g/mol. The van der Waals surface area contributed by atoms with Crippen LogP contribution < -0.4 is 11.1 Å². The van der Waals surface area contributed by atoms with Gasteiger partial charge in [-0.25, -0.2) is 0 Å². The number of aromatic amines is 1. The van der Waals surface area contributed by atoms with Crippen LogP contribution >= 0.6 is 0 Å². The first kappa shape index (κ1) is 18.3. The zero-order valence-corrected chi connectivity index (χ0v) is 14.6. The lowest BCUT2D eigenvalue weighted by Gasteiger charge is -2.15. The number of rotatable bonds is 7. The van der Waals surface area contributed by atoms with Gasteiger partial charge in [0.2, 0.25) is 0 Å². The van der Waals surface area contributed by atoms with Crippen molar-refractivity contribution in [1.29, 1.82) is 0 Å². The van der Waals surface area contributed by atoms with E-state index in [4.69, 9.17) is 5.73 Å². The molecule has 2 aromatic carbocycles. The van der Waals surface area contributed by atoms with Gasteiger partial charge in [0.15, 0.2) is 0 Å². The number of benzene rings is 2. The third kappa shape index (κ3) is 3.72. The molecule has 0 saturated heterocycles. The summed E-state index contributed by atoms with van der Waals surface area (Å²) in [5.74, 6) is 0. The zero-order chi connectivity index (χ0) is 19.6. The van der Waals surface area contributed by atoms with Crippen molar-refractivity contribution in [2.45, 2.75) is 19.4 Å². The maximum atomic E-state index is 11.3. The van der Waals surface area contributed by atoms with Crippen LogP contribution in [0.25, 0.3) is 10.9 Å². The quantitative estimate of drug-likeness (QED) is 0.331. The molecule has 4 N–H and O–H groups in total. The topological polar surface area (TPSA) is 140 Å². The van der Waals surface area contributed by atoms with Gasteiger partial charge in [-0.2, -0.15) is 0 Å². The molecule has 0 aliphatic carbocycles. The number of nitro groups is 2. The number of fused-ring (bicyclic) bond motifs is 1. The third-order valence-corrected chi connectivity index (χ3v) is 4.56. The maximum Gasteiger partial charge on any atom is 0.299 e. The van der Waals surface area contributed by atoms with Crippen LogP contribution in [0.4, 0.5) is 17.1 Å². The summed E-state index contributed by atoms with van der Waals surface area (Å²) >= 11 is 0. The van der Waals surface area contributed by atoms with Crippen LogP contribution in [0.2, 0.25) is 0 Å². The summed E-state index contributed by atoms with van der Waals surface area (Å²) in [6, 6.07) is 9.80. The Morgan fingerprint density at radius 1 is 1.15 bits per heavy atom. The summed E-state index contributed by atoms with van der Waals surface area (Å²) in [6.45, 7) is 2.35. The number of nitrogen functional groups attached to an aromatic ring is 1. The SMILES string of the molecule is C[C@@H](NCCc1c[nH]c2ccccc12)c1cc(N)c([N+](=O)[O-])cc1[N+](=O)[O-]. The van der Waals surface area contributed by atoms with Gasteiger partial charge in [-0.15, -0.1) is 0 Å². The lowest BCUT2D eigenvalue weighted by Crippen LogP contribution is -2.22. The van der Waals surface area contributed by atoms with E-state index in [9.17, 15) is 20.2 Å². The number of anilines is 1. The molecule has 0 aliphatic heterocycles.